The van der Waals surface area contributed by atoms with Gasteiger partial charge in [-0.25, -0.2) is 9.78 Å². The standard InChI is InChI=1S/C27H36N5O8P/c1-40-21-9-10-32(18-21)20-16-23(19-6-3-2-4-7-19)28-24(17-20)25(33)29-22(8-5-15-41(37,38)39)26(34)30-11-13-31(14-12-30)27(35)36/h2-4,6-7,16-17,21-22H,5,8-15,18H2,1H3,(H,29,33)(H,35,36)(H2,37,38,39)/t21-,22+/m0/s1. The Labute approximate surface area is 238 Å². The zero-order valence-electron chi connectivity index (χ0n) is 22.9. The Hall–Kier alpha value is -3.51. The lowest BCUT2D eigenvalue weighted by Crippen LogP contribution is -2.55. The molecule has 3 heterocycles. The third-order valence-corrected chi connectivity index (χ3v) is 8.26. The lowest BCUT2D eigenvalue weighted by molar-refractivity contribution is -0.135. The van der Waals surface area contributed by atoms with Crippen LogP contribution in [0.5, 0.6) is 0 Å². The third-order valence-electron chi connectivity index (χ3n) is 7.36. The van der Waals surface area contributed by atoms with Crippen LogP contribution < -0.4 is 10.2 Å². The van der Waals surface area contributed by atoms with E-state index in [2.05, 4.69) is 15.2 Å². The number of methoxy groups -OCH3 is 1. The van der Waals surface area contributed by atoms with Gasteiger partial charge >= 0.3 is 13.7 Å². The number of ether oxygens (including phenoxy) is 1. The highest BCUT2D eigenvalue weighted by Crippen LogP contribution is 2.35. The minimum absolute atomic E-state index is 0.00169. The highest BCUT2D eigenvalue weighted by atomic mass is 31.2. The van der Waals surface area contributed by atoms with E-state index < -0.39 is 37.7 Å². The summed E-state index contributed by atoms with van der Waals surface area (Å²) in [5.74, 6) is -1.03. The number of carbonyl (C=O) groups is 3. The summed E-state index contributed by atoms with van der Waals surface area (Å²) in [7, 11) is -2.63. The fraction of sp³-hybridized carbons (Fsp3) is 0.481. The summed E-state index contributed by atoms with van der Waals surface area (Å²) in [6.45, 7) is 1.96. The topological polar surface area (TPSA) is 173 Å². The van der Waals surface area contributed by atoms with Crippen molar-refractivity contribution in [2.45, 2.75) is 31.4 Å². The predicted octanol–water partition coefficient (Wildman–Crippen LogP) is 1.85. The predicted molar refractivity (Wildman–Crippen MR) is 151 cm³/mol. The highest BCUT2D eigenvalue weighted by Gasteiger charge is 2.31. The molecule has 2 aliphatic heterocycles. The molecule has 0 spiro atoms. The van der Waals surface area contributed by atoms with Gasteiger partial charge in [0, 0.05) is 63.8 Å². The molecular weight excluding hydrogens is 553 g/mol. The van der Waals surface area contributed by atoms with Crippen LogP contribution in [0.25, 0.3) is 11.3 Å². The zero-order chi connectivity index (χ0) is 29.6. The Morgan fingerprint density at radius 3 is 2.37 bits per heavy atom. The van der Waals surface area contributed by atoms with Crippen molar-refractivity contribution in [3.05, 3.63) is 48.2 Å². The number of aromatic nitrogens is 1. The molecule has 4 N–H and O–H groups in total. The summed E-state index contributed by atoms with van der Waals surface area (Å²) in [4.78, 5) is 66.3. The maximum Gasteiger partial charge on any atom is 0.407 e. The molecule has 1 aromatic heterocycles. The summed E-state index contributed by atoms with van der Waals surface area (Å²) in [5, 5.41) is 12.0. The SMILES string of the molecule is CO[C@H]1CCN(c2cc(C(=O)N[C@H](CCCP(=O)(O)O)C(=O)N3CCN(C(=O)O)CC3)nc(-c3ccccc3)c2)C1. The van der Waals surface area contributed by atoms with E-state index in [1.54, 1.807) is 13.2 Å². The number of piperazine rings is 1. The van der Waals surface area contributed by atoms with Crippen LogP contribution in [0, 0.1) is 0 Å². The van der Waals surface area contributed by atoms with Crippen molar-refractivity contribution in [3.63, 3.8) is 0 Å². The summed E-state index contributed by atoms with van der Waals surface area (Å²) >= 11 is 0. The minimum atomic E-state index is -4.30. The first kappa shape index (κ1) is 30.4. The van der Waals surface area contributed by atoms with E-state index in [4.69, 9.17) is 4.74 Å². The smallest absolute Gasteiger partial charge is 0.407 e. The van der Waals surface area contributed by atoms with Gasteiger partial charge in [0.1, 0.15) is 11.7 Å². The Bertz CT molecular complexity index is 1280. The number of hydrogen-bond donors (Lipinski definition) is 4. The lowest BCUT2D eigenvalue weighted by Gasteiger charge is -2.35. The Kier molecular flexibility index (Phi) is 9.98. The maximum atomic E-state index is 13.6. The van der Waals surface area contributed by atoms with Gasteiger partial charge in [0.25, 0.3) is 5.91 Å². The number of carboxylic acid groups (broad SMARTS) is 1. The molecule has 1 aromatic carbocycles. The summed E-state index contributed by atoms with van der Waals surface area (Å²) in [6, 6.07) is 11.9. The van der Waals surface area contributed by atoms with Crippen LogP contribution in [0.4, 0.5) is 10.5 Å². The normalized spacial score (nSPS) is 18.3. The van der Waals surface area contributed by atoms with Crippen molar-refractivity contribution in [2.24, 2.45) is 0 Å². The first-order chi connectivity index (χ1) is 19.5. The quantitative estimate of drug-likeness (QED) is 0.300. The van der Waals surface area contributed by atoms with Crippen molar-refractivity contribution >= 4 is 31.2 Å². The first-order valence-corrected chi connectivity index (χ1v) is 15.3. The first-order valence-electron chi connectivity index (χ1n) is 13.5. The lowest BCUT2D eigenvalue weighted by atomic mass is 10.1. The van der Waals surface area contributed by atoms with Crippen molar-refractivity contribution in [1.82, 2.24) is 20.1 Å². The molecule has 14 heteroatoms. The molecule has 2 atom stereocenters. The van der Waals surface area contributed by atoms with Crippen LogP contribution in [0.15, 0.2) is 42.5 Å². The van der Waals surface area contributed by atoms with Gasteiger partial charge in [0.15, 0.2) is 0 Å². The molecule has 0 saturated carbocycles. The van der Waals surface area contributed by atoms with Crippen LogP contribution in [0.1, 0.15) is 29.8 Å². The zero-order valence-corrected chi connectivity index (χ0v) is 23.8. The Morgan fingerprint density at radius 1 is 1.07 bits per heavy atom. The van der Waals surface area contributed by atoms with Crippen molar-refractivity contribution in [1.29, 1.82) is 0 Å². The van der Waals surface area contributed by atoms with Crippen molar-refractivity contribution in [2.75, 3.05) is 57.4 Å². The molecule has 2 saturated heterocycles. The molecule has 2 fully saturated rings. The average molecular weight is 590 g/mol. The van der Waals surface area contributed by atoms with Gasteiger partial charge in [-0.3, -0.25) is 14.2 Å². The van der Waals surface area contributed by atoms with E-state index in [1.807, 2.05) is 36.4 Å². The van der Waals surface area contributed by atoms with Gasteiger partial charge in [-0.05, 0) is 31.4 Å². The van der Waals surface area contributed by atoms with Gasteiger partial charge in [-0.1, -0.05) is 30.3 Å². The molecular formula is C27H36N5O8P. The third kappa shape index (κ3) is 8.26. The number of nitrogens with zero attached hydrogens (tertiary/aromatic N) is 4. The van der Waals surface area contributed by atoms with Crippen LogP contribution in [0.3, 0.4) is 0 Å². The molecule has 0 bridgehead atoms. The van der Waals surface area contributed by atoms with Gasteiger partial charge < -0.3 is 39.6 Å². The van der Waals surface area contributed by atoms with E-state index in [0.29, 0.717) is 12.2 Å². The van der Waals surface area contributed by atoms with Gasteiger partial charge in [-0.2, -0.15) is 0 Å². The molecule has 0 aliphatic carbocycles. The monoisotopic (exact) mass is 589 g/mol. The number of nitrogens with one attached hydrogen (secondary N) is 1. The average Bonchev–Trinajstić information content (AvgIpc) is 3.45. The van der Waals surface area contributed by atoms with E-state index in [1.165, 1.54) is 9.80 Å². The molecule has 13 nitrogen and oxygen atoms in total. The fourth-order valence-electron chi connectivity index (χ4n) is 5.06. The van der Waals surface area contributed by atoms with Gasteiger partial charge in [0.2, 0.25) is 5.91 Å². The van der Waals surface area contributed by atoms with E-state index >= 15 is 0 Å². The van der Waals surface area contributed by atoms with Crippen molar-refractivity contribution < 1.29 is 38.6 Å². The van der Waals surface area contributed by atoms with Crippen LogP contribution >= 0.6 is 7.60 Å². The second-order valence-corrected chi connectivity index (χ2v) is 12.0. The molecule has 41 heavy (non-hydrogen) atoms. The van der Waals surface area contributed by atoms with E-state index in [-0.39, 0.29) is 50.8 Å². The second-order valence-electron chi connectivity index (χ2n) is 10.2. The highest BCUT2D eigenvalue weighted by molar-refractivity contribution is 7.51. The van der Waals surface area contributed by atoms with Gasteiger partial charge in [0.05, 0.1) is 11.8 Å². The number of rotatable bonds is 10. The molecule has 0 unspecified atom stereocenters. The molecule has 2 aromatic rings. The van der Waals surface area contributed by atoms with E-state index in [0.717, 1.165) is 24.2 Å². The van der Waals surface area contributed by atoms with Crippen molar-refractivity contribution in [3.8, 4) is 11.3 Å². The number of benzene rings is 1. The Balaban J connectivity index is 1.58. The number of pyridine rings is 1. The summed E-state index contributed by atoms with van der Waals surface area (Å²) < 4.78 is 16.9. The number of hydrogen-bond acceptors (Lipinski definition) is 7. The molecule has 4 rings (SSSR count). The molecule has 3 amide bonds. The summed E-state index contributed by atoms with van der Waals surface area (Å²) in [6.07, 6.45) is -0.586. The molecule has 0 radical (unpaired) electrons. The minimum Gasteiger partial charge on any atom is -0.465 e. The number of amides is 3. The largest absolute Gasteiger partial charge is 0.465 e. The number of anilines is 1. The Morgan fingerprint density at radius 2 is 1.76 bits per heavy atom. The van der Waals surface area contributed by atoms with Crippen LogP contribution in [0.2, 0.25) is 0 Å². The van der Waals surface area contributed by atoms with Gasteiger partial charge in [-0.15, -0.1) is 0 Å². The summed E-state index contributed by atoms with van der Waals surface area (Å²) in [5.41, 5.74) is 2.29. The molecule has 2 aliphatic rings. The second kappa shape index (κ2) is 13.4. The van der Waals surface area contributed by atoms with Crippen LogP contribution in [-0.2, 0) is 14.1 Å². The van der Waals surface area contributed by atoms with Crippen LogP contribution in [-0.4, -0.2) is 112 Å². The fourth-order valence-corrected chi connectivity index (χ4v) is 5.65. The maximum absolute atomic E-state index is 13.6. The molecule has 222 valence electrons. The number of carbonyl (C=O) groups excluding carboxylic acids is 2. The van der Waals surface area contributed by atoms with E-state index in [9.17, 15) is 33.8 Å².